The molecule has 1 aromatic heterocycles. The molecule has 0 saturated carbocycles. The number of alkyl halides is 2. The summed E-state index contributed by atoms with van der Waals surface area (Å²) in [5, 5.41) is 0. The molecule has 2 rings (SSSR count). The lowest BCUT2D eigenvalue weighted by atomic mass is 9.93. The van der Waals surface area contributed by atoms with Crippen LogP contribution < -0.4 is 10.5 Å². The molecule has 0 aliphatic carbocycles. The van der Waals surface area contributed by atoms with E-state index in [2.05, 4.69) is 23.8 Å². The Labute approximate surface area is 147 Å². The molecule has 6 heteroatoms. The first-order valence-corrected chi connectivity index (χ1v) is 8.31. The fourth-order valence-electron chi connectivity index (χ4n) is 2.86. The normalized spacial score (nSPS) is 14.0. The van der Waals surface area contributed by atoms with E-state index in [0.717, 1.165) is 12.1 Å². The van der Waals surface area contributed by atoms with E-state index >= 15 is 0 Å². The van der Waals surface area contributed by atoms with E-state index in [1.807, 2.05) is 13.8 Å². The van der Waals surface area contributed by atoms with Gasteiger partial charge < -0.3 is 10.5 Å². The molecular formula is C19H25F2N3O. The molecule has 0 bridgehead atoms. The van der Waals surface area contributed by atoms with Crippen molar-refractivity contribution in [3.8, 4) is 17.0 Å². The van der Waals surface area contributed by atoms with Crippen LogP contribution in [0.25, 0.3) is 11.3 Å². The average molecular weight is 349 g/mol. The maximum atomic E-state index is 13.5. The number of aromatic nitrogens is 2. The Kier molecular flexibility index (Phi) is 6.06. The van der Waals surface area contributed by atoms with Crippen LogP contribution in [0.5, 0.6) is 5.75 Å². The molecule has 25 heavy (non-hydrogen) atoms. The van der Waals surface area contributed by atoms with Crippen LogP contribution in [-0.4, -0.2) is 22.1 Å². The van der Waals surface area contributed by atoms with Gasteiger partial charge in [0.15, 0.2) is 0 Å². The van der Waals surface area contributed by atoms with Gasteiger partial charge in [0.05, 0.1) is 11.3 Å². The zero-order valence-corrected chi connectivity index (χ0v) is 15.1. The van der Waals surface area contributed by atoms with Gasteiger partial charge in [-0.25, -0.2) is 18.7 Å². The van der Waals surface area contributed by atoms with Gasteiger partial charge in [-0.2, -0.15) is 0 Å². The van der Waals surface area contributed by atoms with Crippen molar-refractivity contribution in [3.05, 3.63) is 41.9 Å². The minimum Gasteiger partial charge on any atom is -0.491 e. The van der Waals surface area contributed by atoms with Crippen molar-refractivity contribution in [3.63, 3.8) is 0 Å². The second kappa shape index (κ2) is 7.87. The maximum Gasteiger partial charge on any atom is 0.267 e. The summed E-state index contributed by atoms with van der Waals surface area (Å²) in [6.45, 7) is 8.00. The predicted molar refractivity (Wildman–Crippen MR) is 94.7 cm³/mol. The Morgan fingerprint density at radius 1 is 1.20 bits per heavy atom. The molecule has 0 spiro atoms. The number of nitrogens with two attached hydrogens (primary N) is 1. The SMILES string of the molecule is Cc1cc(-c2ccc(OC[C@@](C)(N)CC(C)C)c(C(F)F)c2)ncn1. The minimum absolute atomic E-state index is 0.157. The largest absolute Gasteiger partial charge is 0.491 e. The Morgan fingerprint density at radius 2 is 1.92 bits per heavy atom. The maximum absolute atomic E-state index is 13.5. The zero-order chi connectivity index (χ0) is 18.6. The molecule has 2 N–H and O–H groups in total. The van der Waals surface area contributed by atoms with E-state index < -0.39 is 12.0 Å². The molecule has 0 radical (unpaired) electrons. The highest BCUT2D eigenvalue weighted by atomic mass is 19.3. The number of hydrogen-bond acceptors (Lipinski definition) is 4. The molecule has 2 aromatic rings. The number of halogens is 2. The summed E-state index contributed by atoms with van der Waals surface area (Å²) in [6.07, 6.45) is -0.481. The molecule has 4 nitrogen and oxygen atoms in total. The van der Waals surface area contributed by atoms with Crippen LogP contribution in [0.3, 0.4) is 0 Å². The molecule has 0 aliphatic heterocycles. The van der Waals surface area contributed by atoms with E-state index in [4.69, 9.17) is 10.5 Å². The quantitative estimate of drug-likeness (QED) is 0.798. The fourth-order valence-corrected chi connectivity index (χ4v) is 2.86. The highest BCUT2D eigenvalue weighted by molar-refractivity contribution is 5.62. The van der Waals surface area contributed by atoms with Gasteiger partial charge in [-0.3, -0.25) is 0 Å². The van der Waals surface area contributed by atoms with E-state index in [1.54, 1.807) is 18.2 Å². The highest BCUT2D eigenvalue weighted by Crippen LogP contribution is 2.33. The van der Waals surface area contributed by atoms with Gasteiger partial charge in [0.2, 0.25) is 0 Å². The van der Waals surface area contributed by atoms with Gasteiger partial charge >= 0.3 is 0 Å². The first-order chi connectivity index (χ1) is 11.7. The van der Waals surface area contributed by atoms with Gasteiger partial charge in [0.25, 0.3) is 6.43 Å². The highest BCUT2D eigenvalue weighted by Gasteiger charge is 2.23. The summed E-state index contributed by atoms with van der Waals surface area (Å²) in [7, 11) is 0. The smallest absolute Gasteiger partial charge is 0.267 e. The third kappa shape index (κ3) is 5.46. The molecule has 1 aromatic carbocycles. The minimum atomic E-state index is -2.65. The molecule has 0 aliphatic rings. The van der Waals surface area contributed by atoms with Gasteiger partial charge in [-0.1, -0.05) is 13.8 Å². The standard InChI is InChI=1S/C19H25F2N3O/c1-12(2)9-19(4,22)10-25-17-6-5-14(8-15(17)18(20)21)16-7-13(3)23-11-24-16/h5-8,11-12,18H,9-10,22H2,1-4H3/t19-/m0/s1. The molecule has 0 amide bonds. The number of aryl methyl sites for hydroxylation is 1. The molecule has 136 valence electrons. The summed E-state index contributed by atoms with van der Waals surface area (Å²) in [5.41, 5.74) is 7.45. The number of nitrogens with zero attached hydrogens (tertiary/aromatic N) is 2. The topological polar surface area (TPSA) is 61.0 Å². The first-order valence-electron chi connectivity index (χ1n) is 8.31. The summed E-state index contributed by atoms with van der Waals surface area (Å²) >= 11 is 0. The van der Waals surface area contributed by atoms with Crippen molar-refractivity contribution in [2.45, 2.75) is 46.1 Å². The van der Waals surface area contributed by atoms with Crippen molar-refractivity contribution >= 4 is 0 Å². The number of rotatable bonds is 7. The lowest BCUT2D eigenvalue weighted by Crippen LogP contribution is -2.43. The van der Waals surface area contributed by atoms with Crippen LogP contribution in [0, 0.1) is 12.8 Å². The predicted octanol–water partition coefficient (Wildman–Crippen LogP) is 4.53. The first kappa shape index (κ1) is 19.2. The Bertz CT molecular complexity index is 718. The van der Waals surface area contributed by atoms with Crippen molar-refractivity contribution < 1.29 is 13.5 Å². The van der Waals surface area contributed by atoms with Crippen LogP contribution >= 0.6 is 0 Å². The van der Waals surface area contributed by atoms with E-state index in [1.165, 1.54) is 12.4 Å². The van der Waals surface area contributed by atoms with Crippen molar-refractivity contribution in [2.24, 2.45) is 11.7 Å². The molecule has 0 unspecified atom stereocenters. The van der Waals surface area contributed by atoms with E-state index in [-0.39, 0.29) is 17.9 Å². The van der Waals surface area contributed by atoms with Crippen LogP contribution in [0.15, 0.2) is 30.6 Å². The van der Waals surface area contributed by atoms with E-state index in [9.17, 15) is 8.78 Å². The Morgan fingerprint density at radius 3 is 2.52 bits per heavy atom. The van der Waals surface area contributed by atoms with Crippen molar-refractivity contribution in [2.75, 3.05) is 6.61 Å². The molecular weight excluding hydrogens is 324 g/mol. The monoisotopic (exact) mass is 349 g/mol. The van der Waals surface area contributed by atoms with Gasteiger partial charge in [-0.05, 0) is 50.5 Å². The Balaban J connectivity index is 2.25. The van der Waals surface area contributed by atoms with Crippen molar-refractivity contribution in [1.29, 1.82) is 0 Å². The number of benzene rings is 1. The molecule has 0 saturated heterocycles. The van der Waals surface area contributed by atoms with Crippen LogP contribution in [-0.2, 0) is 0 Å². The van der Waals surface area contributed by atoms with Gasteiger partial charge in [0, 0.05) is 16.8 Å². The lowest BCUT2D eigenvalue weighted by Gasteiger charge is -2.27. The summed E-state index contributed by atoms with van der Waals surface area (Å²) in [6, 6.07) is 6.45. The second-order valence-electron chi connectivity index (χ2n) is 7.14. The number of hydrogen-bond donors (Lipinski definition) is 1. The molecule has 0 fully saturated rings. The molecule has 1 heterocycles. The zero-order valence-electron chi connectivity index (χ0n) is 15.1. The third-order valence-corrected chi connectivity index (χ3v) is 3.78. The fraction of sp³-hybridized carbons (Fsp3) is 0.474. The lowest BCUT2D eigenvalue weighted by molar-refractivity contribution is 0.140. The number of ether oxygens (including phenoxy) is 1. The summed E-state index contributed by atoms with van der Waals surface area (Å²) in [4.78, 5) is 8.16. The van der Waals surface area contributed by atoms with Gasteiger partial charge in [-0.15, -0.1) is 0 Å². The van der Waals surface area contributed by atoms with Gasteiger partial charge in [0.1, 0.15) is 18.7 Å². The summed E-state index contributed by atoms with van der Waals surface area (Å²) < 4.78 is 32.6. The van der Waals surface area contributed by atoms with Crippen LogP contribution in [0.2, 0.25) is 0 Å². The summed E-state index contributed by atoms with van der Waals surface area (Å²) in [5.74, 6) is 0.557. The molecule has 1 atom stereocenters. The Hall–Kier alpha value is -2.08. The van der Waals surface area contributed by atoms with Crippen molar-refractivity contribution in [1.82, 2.24) is 9.97 Å². The average Bonchev–Trinajstić information content (AvgIpc) is 2.51. The third-order valence-electron chi connectivity index (χ3n) is 3.78. The second-order valence-corrected chi connectivity index (χ2v) is 7.14. The van der Waals surface area contributed by atoms with Crippen LogP contribution in [0.1, 0.15) is 44.9 Å². The van der Waals surface area contributed by atoms with E-state index in [0.29, 0.717) is 17.2 Å². The van der Waals surface area contributed by atoms with Crippen LogP contribution in [0.4, 0.5) is 8.78 Å².